The van der Waals surface area contributed by atoms with E-state index in [1.165, 1.54) is 17.3 Å². The molecule has 3 heterocycles. The Hall–Kier alpha value is -2.80. The van der Waals surface area contributed by atoms with Gasteiger partial charge in [-0.25, -0.2) is 14.4 Å². The lowest BCUT2D eigenvalue weighted by molar-refractivity contribution is 0.198. The molecule has 0 spiro atoms. The van der Waals surface area contributed by atoms with E-state index in [2.05, 4.69) is 21.9 Å². The summed E-state index contributed by atoms with van der Waals surface area (Å²) in [6.07, 6.45) is 5.98. The van der Waals surface area contributed by atoms with Gasteiger partial charge in [-0.1, -0.05) is 12.1 Å². The van der Waals surface area contributed by atoms with Gasteiger partial charge in [0.25, 0.3) is 0 Å². The number of hydrogen-bond donors (Lipinski definition) is 0. The lowest BCUT2D eigenvalue weighted by Gasteiger charge is -2.33. The summed E-state index contributed by atoms with van der Waals surface area (Å²) in [5.41, 5.74) is 5.22. The fraction of sp³-hybridized carbons (Fsp3) is 0.435. The van der Waals surface area contributed by atoms with Gasteiger partial charge in [-0.3, -0.25) is 9.58 Å². The van der Waals surface area contributed by atoms with Crippen LogP contribution in [0.25, 0.3) is 11.1 Å². The van der Waals surface area contributed by atoms with Crippen molar-refractivity contribution >= 4 is 5.95 Å². The smallest absolute Gasteiger partial charge is 0.225 e. The van der Waals surface area contributed by atoms with Crippen molar-refractivity contribution in [3.8, 4) is 11.1 Å². The minimum atomic E-state index is -0.243. The standard InChI is InChI=1S/C23H29FN6/c1-16-19(12-26-29(16)4)15-30-10-6-8-18(14-30)22-21(13-25-23(27-22)28(2)3)17-7-5-9-20(24)11-17/h5,7,9,11-13,18H,6,8,10,14-15H2,1-4H3/t18-/m1/s1. The number of benzene rings is 1. The quantitative estimate of drug-likeness (QED) is 0.643. The Balaban J connectivity index is 1.65. The molecule has 1 aromatic carbocycles. The first-order valence-electron chi connectivity index (χ1n) is 10.4. The average Bonchev–Trinajstić information content (AvgIpc) is 3.05. The molecular formula is C23H29FN6. The summed E-state index contributed by atoms with van der Waals surface area (Å²) in [6.45, 7) is 4.98. The summed E-state index contributed by atoms with van der Waals surface area (Å²) in [6, 6.07) is 6.71. The van der Waals surface area contributed by atoms with Crippen molar-refractivity contribution in [2.75, 3.05) is 32.1 Å². The van der Waals surface area contributed by atoms with E-state index in [-0.39, 0.29) is 11.7 Å². The summed E-state index contributed by atoms with van der Waals surface area (Å²) in [7, 11) is 5.87. The Kier molecular flexibility index (Phi) is 5.81. The van der Waals surface area contributed by atoms with E-state index in [1.807, 2.05) is 49.2 Å². The highest BCUT2D eigenvalue weighted by Gasteiger charge is 2.26. The molecule has 0 radical (unpaired) electrons. The van der Waals surface area contributed by atoms with Crippen molar-refractivity contribution in [2.24, 2.45) is 7.05 Å². The molecule has 0 N–H and O–H groups in total. The number of nitrogens with zero attached hydrogens (tertiary/aromatic N) is 6. The minimum absolute atomic E-state index is 0.243. The van der Waals surface area contributed by atoms with Crippen molar-refractivity contribution in [1.82, 2.24) is 24.6 Å². The number of piperidine rings is 1. The Morgan fingerprint density at radius 1 is 1.23 bits per heavy atom. The second-order valence-electron chi connectivity index (χ2n) is 8.33. The van der Waals surface area contributed by atoms with E-state index < -0.39 is 0 Å². The van der Waals surface area contributed by atoms with Crippen LogP contribution in [-0.4, -0.2) is 51.8 Å². The summed E-state index contributed by atoms with van der Waals surface area (Å²) in [4.78, 5) is 13.8. The van der Waals surface area contributed by atoms with Crippen LogP contribution in [0.4, 0.5) is 10.3 Å². The Bertz CT molecular complexity index is 1030. The third-order valence-corrected chi connectivity index (χ3v) is 5.96. The number of likely N-dealkylation sites (tertiary alicyclic amines) is 1. The Labute approximate surface area is 177 Å². The number of hydrogen-bond acceptors (Lipinski definition) is 5. The normalized spacial score (nSPS) is 17.3. The van der Waals surface area contributed by atoms with Gasteiger partial charge in [0.05, 0.1) is 11.9 Å². The molecule has 1 saturated heterocycles. The summed E-state index contributed by atoms with van der Waals surface area (Å²) < 4.78 is 15.8. The largest absolute Gasteiger partial charge is 0.347 e. The predicted octanol–water partition coefficient (Wildman–Crippen LogP) is 3.77. The molecule has 7 heteroatoms. The number of rotatable bonds is 5. The lowest BCUT2D eigenvalue weighted by Crippen LogP contribution is -2.34. The van der Waals surface area contributed by atoms with Crippen LogP contribution < -0.4 is 4.90 Å². The number of halogens is 1. The highest BCUT2D eigenvalue weighted by molar-refractivity contribution is 5.66. The monoisotopic (exact) mass is 408 g/mol. The van der Waals surface area contributed by atoms with E-state index >= 15 is 0 Å². The molecule has 0 bridgehead atoms. The van der Waals surface area contributed by atoms with Crippen LogP contribution in [0.5, 0.6) is 0 Å². The molecule has 3 aromatic rings. The first-order valence-corrected chi connectivity index (χ1v) is 10.4. The molecule has 1 aliphatic rings. The molecule has 0 amide bonds. The van der Waals surface area contributed by atoms with Gasteiger partial charge in [-0.2, -0.15) is 5.10 Å². The van der Waals surface area contributed by atoms with Gasteiger partial charge < -0.3 is 4.90 Å². The third-order valence-electron chi connectivity index (χ3n) is 5.96. The van der Waals surface area contributed by atoms with Gasteiger partial charge in [0.15, 0.2) is 0 Å². The van der Waals surface area contributed by atoms with Crippen molar-refractivity contribution in [3.05, 3.63) is 59.4 Å². The van der Waals surface area contributed by atoms with Crippen molar-refractivity contribution in [1.29, 1.82) is 0 Å². The zero-order valence-electron chi connectivity index (χ0n) is 18.1. The number of aromatic nitrogens is 4. The molecule has 158 valence electrons. The van der Waals surface area contributed by atoms with Gasteiger partial charge in [0, 0.05) is 63.2 Å². The van der Waals surface area contributed by atoms with Crippen LogP contribution in [0.15, 0.2) is 36.7 Å². The molecule has 1 aliphatic heterocycles. The summed E-state index contributed by atoms with van der Waals surface area (Å²) >= 11 is 0. The first-order chi connectivity index (χ1) is 14.4. The molecule has 0 aliphatic carbocycles. The van der Waals surface area contributed by atoms with Crippen LogP contribution >= 0.6 is 0 Å². The zero-order chi connectivity index (χ0) is 21.3. The van der Waals surface area contributed by atoms with E-state index in [0.29, 0.717) is 5.95 Å². The number of aryl methyl sites for hydroxylation is 1. The van der Waals surface area contributed by atoms with E-state index in [4.69, 9.17) is 4.98 Å². The molecule has 30 heavy (non-hydrogen) atoms. The van der Waals surface area contributed by atoms with E-state index in [9.17, 15) is 4.39 Å². The maximum absolute atomic E-state index is 13.9. The van der Waals surface area contributed by atoms with Crippen molar-refractivity contribution in [3.63, 3.8) is 0 Å². The van der Waals surface area contributed by atoms with Crippen molar-refractivity contribution in [2.45, 2.75) is 32.2 Å². The molecule has 1 atom stereocenters. The van der Waals surface area contributed by atoms with Crippen LogP contribution in [0.3, 0.4) is 0 Å². The predicted molar refractivity (Wildman–Crippen MR) is 117 cm³/mol. The lowest BCUT2D eigenvalue weighted by atomic mass is 9.89. The topological polar surface area (TPSA) is 50.1 Å². The van der Waals surface area contributed by atoms with Gasteiger partial charge >= 0.3 is 0 Å². The molecule has 2 aromatic heterocycles. The second-order valence-corrected chi connectivity index (χ2v) is 8.33. The van der Waals surface area contributed by atoms with Gasteiger partial charge in [-0.05, 0) is 44.0 Å². The van der Waals surface area contributed by atoms with Crippen LogP contribution in [0.2, 0.25) is 0 Å². The van der Waals surface area contributed by atoms with Gasteiger partial charge in [-0.15, -0.1) is 0 Å². The summed E-state index contributed by atoms with van der Waals surface area (Å²) in [5.74, 6) is 0.716. The molecule has 6 nitrogen and oxygen atoms in total. The molecule has 1 fully saturated rings. The Morgan fingerprint density at radius 3 is 2.77 bits per heavy atom. The summed E-state index contributed by atoms with van der Waals surface area (Å²) in [5, 5.41) is 4.38. The van der Waals surface area contributed by atoms with Gasteiger partial charge in [0.2, 0.25) is 5.95 Å². The SMILES string of the molecule is Cc1c(CN2CCC[C@@H](c3nc(N(C)C)ncc3-c3cccc(F)c3)C2)cnn1C. The fourth-order valence-corrected chi connectivity index (χ4v) is 4.15. The average molecular weight is 409 g/mol. The molecule has 4 rings (SSSR count). The van der Waals surface area contributed by atoms with Crippen LogP contribution in [-0.2, 0) is 13.6 Å². The third kappa shape index (κ3) is 4.21. The second kappa shape index (κ2) is 8.52. The maximum atomic E-state index is 13.9. The van der Waals surface area contributed by atoms with Gasteiger partial charge in [0.1, 0.15) is 5.82 Å². The first kappa shape index (κ1) is 20.5. The van der Waals surface area contributed by atoms with Crippen LogP contribution in [0, 0.1) is 12.7 Å². The minimum Gasteiger partial charge on any atom is -0.347 e. The highest BCUT2D eigenvalue weighted by atomic mass is 19.1. The highest BCUT2D eigenvalue weighted by Crippen LogP contribution is 2.34. The van der Waals surface area contributed by atoms with E-state index in [1.54, 1.807) is 12.1 Å². The fourth-order valence-electron chi connectivity index (χ4n) is 4.15. The molecule has 0 unspecified atom stereocenters. The van der Waals surface area contributed by atoms with Crippen LogP contribution in [0.1, 0.15) is 35.7 Å². The number of anilines is 1. The molecular weight excluding hydrogens is 379 g/mol. The zero-order valence-corrected chi connectivity index (χ0v) is 18.1. The van der Waals surface area contributed by atoms with Crippen molar-refractivity contribution < 1.29 is 4.39 Å². The molecule has 0 saturated carbocycles. The maximum Gasteiger partial charge on any atom is 0.225 e. The van der Waals surface area contributed by atoms with E-state index in [0.717, 1.165) is 49.3 Å². The Morgan fingerprint density at radius 2 is 2.07 bits per heavy atom.